The second-order valence-electron chi connectivity index (χ2n) is 5.22. The Morgan fingerprint density at radius 3 is 2.79 bits per heavy atom. The molecule has 0 unspecified atom stereocenters. The zero-order chi connectivity index (χ0) is 17.3. The number of anilines is 1. The average Bonchev–Trinajstić information content (AvgIpc) is 3.11. The lowest BCUT2D eigenvalue weighted by molar-refractivity contribution is -0.116. The fourth-order valence-corrected chi connectivity index (χ4v) is 2.67. The number of nitrogens with one attached hydrogen (secondary N) is 2. The molecular formula is C18H15N3O3. The minimum Gasteiger partial charge on any atom is -0.501 e. The number of hydrogen-bond donors (Lipinski definition) is 3. The summed E-state index contributed by atoms with van der Waals surface area (Å²) in [5.74, 6) is 2.69. The highest BCUT2D eigenvalue weighted by Crippen LogP contribution is 2.35. The minimum atomic E-state index is -0.366. The van der Waals surface area contributed by atoms with Gasteiger partial charge in [0, 0.05) is 16.8 Å². The maximum absolute atomic E-state index is 12.5. The first kappa shape index (κ1) is 15.4. The van der Waals surface area contributed by atoms with E-state index in [1.807, 2.05) is 18.2 Å². The third-order valence-corrected chi connectivity index (χ3v) is 3.85. The zero-order valence-electron chi connectivity index (χ0n) is 13.2. The molecule has 24 heavy (non-hydrogen) atoms. The standard InChI is InChI=1S/C18H15N3O3/c1-4-13-12(9-10(2)24-3)15(18(22)20-13)17-16(21-23)11-7-5-6-8-14(11)19-17/h1,5-9,19,23H,2-3H3,(H,20,22)/b10-9+,17-15-,21-16+. The van der Waals surface area contributed by atoms with Gasteiger partial charge in [0.2, 0.25) is 0 Å². The summed E-state index contributed by atoms with van der Waals surface area (Å²) in [5.41, 5.74) is 3.31. The maximum Gasteiger partial charge on any atom is 0.259 e. The van der Waals surface area contributed by atoms with Crippen LogP contribution in [0.15, 0.2) is 63.8 Å². The monoisotopic (exact) mass is 321 g/mol. The number of nitrogens with zero attached hydrogens (tertiary/aromatic N) is 1. The van der Waals surface area contributed by atoms with E-state index in [9.17, 15) is 10.0 Å². The van der Waals surface area contributed by atoms with Crippen LogP contribution in [-0.4, -0.2) is 23.9 Å². The van der Waals surface area contributed by atoms with Crippen molar-refractivity contribution in [1.29, 1.82) is 0 Å². The number of allylic oxidation sites excluding steroid dienone is 4. The van der Waals surface area contributed by atoms with Crippen LogP contribution in [0.3, 0.4) is 0 Å². The molecule has 6 nitrogen and oxygen atoms in total. The number of carbonyl (C=O) groups is 1. The zero-order valence-corrected chi connectivity index (χ0v) is 13.2. The van der Waals surface area contributed by atoms with Gasteiger partial charge in [-0.2, -0.15) is 0 Å². The van der Waals surface area contributed by atoms with Crippen LogP contribution in [0.4, 0.5) is 5.69 Å². The average molecular weight is 321 g/mol. The van der Waals surface area contributed by atoms with E-state index in [1.165, 1.54) is 7.11 Å². The summed E-state index contributed by atoms with van der Waals surface area (Å²) in [5, 5.41) is 18.6. The van der Waals surface area contributed by atoms with Crippen molar-refractivity contribution in [3.63, 3.8) is 0 Å². The van der Waals surface area contributed by atoms with Gasteiger partial charge in [-0.05, 0) is 19.1 Å². The molecule has 0 saturated carbocycles. The maximum atomic E-state index is 12.5. The highest BCUT2D eigenvalue weighted by atomic mass is 16.5. The molecule has 0 atom stereocenters. The Labute approximate surface area is 139 Å². The summed E-state index contributed by atoms with van der Waals surface area (Å²) in [6, 6.07) is 7.32. The Hall–Kier alpha value is -3.46. The second-order valence-corrected chi connectivity index (χ2v) is 5.22. The molecule has 0 aromatic heterocycles. The molecule has 0 bridgehead atoms. The molecule has 6 heteroatoms. The van der Waals surface area contributed by atoms with Crippen LogP contribution in [-0.2, 0) is 9.53 Å². The van der Waals surface area contributed by atoms with Crippen LogP contribution >= 0.6 is 0 Å². The summed E-state index contributed by atoms with van der Waals surface area (Å²) in [4.78, 5) is 12.5. The summed E-state index contributed by atoms with van der Waals surface area (Å²) in [6.07, 6.45) is 7.18. The predicted molar refractivity (Wildman–Crippen MR) is 90.2 cm³/mol. The number of hydrogen-bond acceptors (Lipinski definition) is 5. The number of para-hydroxylation sites is 1. The largest absolute Gasteiger partial charge is 0.501 e. The van der Waals surface area contributed by atoms with Crippen LogP contribution in [0.2, 0.25) is 0 Å². The molecule has 0 fully saturated rings. The second kappa shape index (κ2) is 5.97. The lowest BCUT2D eigenvalue weighted by atomic mass is 10.0. The molecule has 0 spiro atoms. The molecule has 0 radical (unpaired) electrons. The van der Waals surface area contributed by atoms with Crippen molar-refractivity contribution in [2.24, 2.45) is 5.16 Å². The van der Waals surface area contributed by atoms with Crippen LogP contribution in [0, 0.1) is 12.3 Å². The molecule has 1 aromatic carbocycles. The summed E-state index contributed by atoms with van der Waals surface area (Å²) < 4.78 is 5.16. The first-order valence-corrected chi connectivity index (χ1v) is 7.18. The van der Waals surface area contributed by atoms with E-state index < -0.39 is 0 Å². The molecular weight excluding hydrogens is 306 g/mol. The van der Waals surface area contributed by atoms with E-state index in [-0.39, 0.29) is 11.6 Å². The number of methoxy groups -OCH3 is 1. The third-order valence-electron chi connectivity index (χ3n) is 3.85. The highest BCUT2D eigenvalue weighted by Gasteiger charge is 2.34. The Balaban J connectivity index is 2.24. The Morgan fingerprint density at radius 1 is 1.38 bits per heavy atom. The topological polar surface area (TPSA) is 82.9 Å². The Morgan fingerprint density at radius 2 is 2.12 bits per heavy atom. The van der Waals surface area contributed by atoms with Gasteiger partial charge in [0.1, 0.15) is 11.4 Å². The van der Waals surface area contributed by atoms with Gasteiger partial charge >= 0.3 is 0 Å². The van der Waals surface area contributed by atoms with Gasteiger partial charge in [-0.25, -0.2) is 0 Å². The molecule has 2 aliphatic heterocycles. The summed E-state index contributed by atoms with van der Waals surface area (Å²) >= 11 is 0. The molecule has 0 aliphatic carbocycles. The van der Waals surface area contributed by atoms with Gasteiger partial charge in [-0.1, -0.05) is 29.3 Å². The highest BCUT2D eigenvalue weighted by molar-refractivity contribution is 6.25. The Bertz CT molecular complexity index is 898. The molecule has 0 saturated heterocycles. The van der Waals surface area contributed by atoms with Crippen LogP contribution in [0.25, 0.3) is 0 Å². The number of ether oxygens (including phenoxy) is 1. The number of benzene rings is 1. The van der Waals surface area contributed by atoms with Crippen LogP contribution in [0.1, 0.15) is 12.5 Å². The van der Waals surface area contributed by atoms with Gasteiger partial charge < -0.3 is 20.6 Å². The van der Waals surface area contributed by atoms with Crippen molar-refractivity contribution in [1.82, 2.24) is 5.32 Å². The van der Waals surface area contributed by atoms with E-state index in [2.05, 4.69) is 21.7 Å². The fraction of sp³-hybridized carbons (Fsp3) is 0.111. The number of rotatable bonds is 2. The molecule has 3 N–H and O–H groups in total. The molecule has 1 aromatic rings. The molecule has 1 amide bonds. The van der Waals surface area contributed by atoms with Crippen LogP contribution in [0.5, 0.6) is 0 Å². The lowest BCUT2D eigenvalue weighted by Crippen LogP contribution is -2.19. The SMILES string of the molecule is C#CC1=C(/C=C(\C)OC)/C(=C2/Nc3ccccc3/C2=N\O)C(=O)N1. The molecule has 3 rings (SSSR count). The number of amides is 1. The van der Waals surface area contributed by atoms with Crippen molar-refractivity contribution >= 4 is 17.3 Å². The van der Waals surface area contributed by atoms with Crippen molar-refractivity contribution in [3.05, 3.63) is 64.2 Å². The van der Waals surface area contributed by atoms with E-state index in [4.69, 9.17) is 11.2 Å². The van der Waals surface area contributed by atoms with Crippen molar-refractivity contribution in [2.45, 2.75) is 6.92 Å². The van der Waals surface area contributed by atoms with E-state index in [0.29, 0.717) is 33.9 Å². The van der Waals surface area contributed by atoms with Gasteiger partial charge in [0.15, 0.2) is 0 Å². The number of terminal acetylenes is 1. The van der Waals surface area contributed by atoms with Crippen molar-refractivity contribution in [3.8, 4) is 12.3 Å². The summed E-state index contributed by atoms with van der Waals surface area (Å²) in [7, 11) is 1.53. The smallest absolute Gasteiger partial charge is 0.259 e. The van der Waals surface area contributed by atoms with Gasteiger partial charge in [0.05, 0.1) is 24.1 Å². The minimum absolute atomic E-state index is 0.287. The lowest BCUT2D eigenvalue weighted by Gasteiger charge is -2.07. The number of carbonyl (C=O) groups excluding carboxylic acids is 1. The normalized spacial score (nSPS) is 21.5. The fourth-order valence-electron chi connectivity index (χ4n) is 2.67. The van der Waals surface area contributed by atoms with Crippen molar-refractivity contribution in [2.75, 3.05) is 12.4 Å². The first-order valence-electron chi connectivity index (χ1n) is 7.18. The quantitative estimate of drug-likeness (QED) is 0.256. The van der Waals surface area contributed by atoms with Crippen molar-refractivity contribution < 1.29 is 14.7 Å². The van der Waals surface area contributed by atoms with Crippen LogP contribution < -0.4 is 10.6 Å². The number of fused-ring (bicyclic) bond motifs is 1. The van der Waals surface area contributed by atoms with Gasteiger partial charge in [-0.15, -0.1) is 6.42 Å². The van der Waals surface area contributed by atoms with Gasteiger partial charge in [0.25, 0.3) is 5.91 Å². The third kappa shape index (κ3) is 2.32. The number of oxime groups is 1. The van der Waals surface area contributed by atoms with E-state index >= 15 is 0 Å². The van der Waals surface area contributed by atoms with E-state index in [1.54, 1.807) is 19.1 Å². The Kier molecular flexibility index (Phi) is 3.84. The first-order chi connectivity index (χ1) is 11.6. The molecule has 2 aliphatic rings. The van der Waals surface area contributed by atoms with Gasteiger partial charge in [-0.3, -0.25) is 4.79 Å². The molecule has 2 heterocycles. The molecule has 120 valence electrons. The predicted octanol–water partition coefficient (Wildman–Crippen LogP) is 2.11. The van der Waals surface area contributed by atoms with E-state index in [0.717, 1.165) is 5.69 Å². The summed E-state index contributed by atoms with van der Waals surface area (Å²) in [6.45, 7) is 1.75.